The zero-order valence-electron chi connectivity index (χ0n) is 25.4. The van der Waals surface area contributed by atoms with Crippen LogP contribution in [0.15, 0.2) is 0 Å². The molecule has 10 N–H and O–H groups in total. The third-order valence-electron chi connectivity index (χ3n) is 7.84. The molecule has 6 atom stereocenters. The molecule has 2 aliphatic heterocycles. The molecule has 0 saturated carbocycles. The Kier molecular flexibility index (Phi) is 15.3. The van der Waals surface area contributed by atoms with E-state index < -0.39 is 59.8 Å². The van der Waals surface area contributed by atoms with Gasteiger partial charge in [0, 0.05) is 6.54 Å². The molecular formula is C28H50N8O7. The number of aliphatic carboxylic acids is 1. The molecule has 0 aromatic heterocycles. The summed E-state index contributed by atoms with van der Waals surface area (Å²) in [5.74, 6) is -3.62. The molecule has 0 spiro atoms. The van der Waals surface area contributed by atoms with E-state index in [4.69, 9.17) is 11.5 Å². The number of nitrogens with two attached hydrogens (primary N) is 2. The molecule has 2 saturated heterocycles. The van der Waals surface area contributed by atoms with E-state index in [1.807, 2.05) is 0 Å². The van der Waals surface area contributed by atoms with E-state index in [0.29, 0.717) is 58.0 Å². The monoisotopic (exact) mass is 610 g/mol. The Bertz CT molecular complexity index is 975. The van der Waals surface area contributed by atoms with Crippen molar-refractivity contribution in [2.45, 2.75) is 114 Å². The van der Waals surface area contributed by atoms with Crippen molar-refractivity contribution < 1.29 is 33.9 Å². The van der Waals surface area contributed by atoms with Crippen LogP contribution in [0.25, 0.3) is 0 Å². The summed E-state index contributed by atoms with van der Waals surface area (Å²) in [6.07, 6.45) is 5.30. The summed E-state index contributed by atoms with van der Waals surface area (Å²) in [6, 6.07) is -5.22. The highest BCUT2D eigenvalue weighted by atomic mass is 16.4. The first-order valence-corrected chi connectivity index (χ1v) is 15.4. The maximum atomic E-state index is 13.3. The molecule has 2 heterocycles. The van der Waals surface area contributed by atoms with Crippen molar-refractivity contribution in [3.05, 3.63) is 0 Å². The van der Waals surface area contributed by atoms with Crippen LogP contribution in [0.2, 0.25) is 0 Å². The van der Waals surface area contributed by atoms with Crippen LogP contribution in [-0.2, 0) is 28.8 Å². The van der Waals surface area contributed by atoms with E-state index in [1.165, 1.54) is 18.7 Å². The number of carbonyl (C=O) groups is 6. The van der Waals surface area contributed by atoms with Crippen molar-refractivity contribution in [3.8, 4) is 0 Å². The quantitative estimate of drug-likeness (QED) is 0.0798. The van der Waals surface area contributed by atoms with Crippen molar-refractivity contribution in [1.29, 1.82) is 0 Å². The predicted molar refractivity (Wildman–Crippen MR) is 158 cm³/mol. The first-order valence-electron chi connectivity index (χ1n) is 15.4. The van der Waals surface area contributed by atoms with Crippen LogP contribution in [-0.4, -0.2) is 108 Å². The van der Waals surface area contributed by atoms with Gasteiger partial charge in [0.2, 0.25) is 29.5 Å². The molecule has 15 heteroatoms. The smallest absolute Gasteiger partial charge is 0.326 e. The summed E-state index contributed by atoms with van der Waals surface area (Å²) in [7, 11) is 0. The van der Waals surface area contributed by atoms with E-state index in [1.54, 1.807) is 0 Å². The number of carbonyl (C=O) groups excluding carboxylic acids is 5. The molecule has 0 unspecified atom stereocenters. The van der Waals surface area contributed by atoms with Crippen LogP contribution < -0.4 is 38.1 Å². The molecule has 43 heavy (non-hydrogen) atoms. The maximum Gasteiger partial charge on any atom is 0.326 e. The van der Waals surface area contributed by atoms with Crippen molar-refractivity contribution in [3.63, 3.8) is 0 Å². The fourth-order valence-electron chi connectivity index (χ4n) is 5.26. The standard InChI is InChI=1S/C28H50N8O7/c1-17(32-25(39)19-11-7-15-31-19)23(37)34-20(9-3-5-13-29)26(40)33-18(2)24(38)35-21(10-4-6-14-30)27(41)36-16-8-12-22(36)28(42)43/h17-22,31H,3-16,29-30H2,1-2H3,(H,32,39)(H,33,40)(H,34,37)(H,35,38)(H,42,43)/t17-,18-,19-,20-,21-,22-/m0/s1. The minimum absolute atomic E-state index is 0.264. The largest absolute Gasteiger partial charge is 0.480 e. The minimum Gasteiger partial charge on any atom is -0.480 e. The number of carboxylic acids is 1. The first kappa shape index (κ1) is 35.9. The number of hydrogen-bond donors (Lipinski definition) is 8. The second kappa shape index (κ2) is 18.4. The second-order valence-corrected chi connectivity index (χ2v) is 11.3. The number of hydrogen-bond acceptors (Lipinski definition) is 9. The average molecular weight is 611 g/mol. The van der Waals surface area contributed by atoms with E-state index in [9.17, 15) is 33.9 Å². The lowest BCUT2D eigenvalue weighted by molar-refractivity contribution is -0.149. The lowest BCUT2D eigenvalue weighted by Gasteiger charge is -2.28. The number of unbranched alkanes of at least 4 members (excludes halogenated alkanes) is 2. The molecule has 2 aliphatic rings. The molecule has 0 radical (unpaired) electrons. The van der Waals surface area contributed by atoms with Crippen molar-refractivity contribution >= 4 is 35.5 Å². The topological polar surface area (TPSA) is 238 Å². The molecular weight excluding hydrogens is 560 g/mol. The molecule has 0 aliphatic carbocycles. The van der Waals surface area contributed by atoms with Gasteiger partial charge in [0.15, 0.2) is 0 Å². The highest BCUT2D eigenvalue weighted by Gasteiger charge is 2.38. The van der Waals surface area contributed by atoms with Gasteiger partial charge in [-0.2, -0.15) is 0 Å². The zero-order valence-corrected chi connectivity index (χ0v) is 25.4. The van der Waals surface area contributed by atoms with Crippen LogP contribution in [0.5, 0.6) is 0 Å². The maximum absolute atomic E-state index is 13.3. The fourth-order valence-corrected chi connectivity index (χ4v) is 5.26. The number of nitrogens with one attached hydrogen (secondary N) is 5. The number of nitrogens with zero attached hydrogens (tertiary/aromatic N) is 1. The van der Waals surface area contributed by atoms with Crippen molar-refractivity contribution in [2.75, 3.05) is 26.2 Å². The number of carboxylic acid groups (broad SMARTS) is 1. The summed E-state index contributed by atoms with van der Waals surface area (Å²) in [5, 5.41) is 23.2. The lowest BCUT2D eigenvalue weighted by atomic mass is 10.1. The summed E-state index contributed by atoms with van der Waals surface area (Å²) in [5.41, 5.74) is 11.2. The van der Waals surface area contributed by atoms with Crippen LogP contribution in [0.3, 0.4) is 0 Å². The third-order valence-corrected chi connectivity index (χ3v) is 7.84. The Morgan fingerprint density at radius 1 is 0.791 bits per heavy atom. The van der Waals surface area contributed by atoms with E-state index in [2.05, 4.69) is 26.6 Å². The van der Waals surface area contributed by atoms with Gasteiger partial charge in [0.25, 0.3) is 0 Å². The summed E-state index contributed by atoms with van der Waals surface area (Å²) >= 11 is 0. The van der Waals surface area contributed by atoms with Gasteiger partial charge >= 0.3 is 5.97 Å². The molecule has 15 nitrogen and oxygen atoms in total. The van der Waals surface area contributed by atoms with E-state index in [-0.39, 0.29) is 31.3 Å². The van der Waals surface area contributed by atoms with Crippen LogP contribution in [0.4, 0.5) is 0 Å². The molecule has 2 rings (SSSR count). The Labute approximate surface area is 253 Å². The highest BCUT2D eigenvalue weighted by molar-refractivity contribution is 5.96. The van der Waals surface area contributed by atoms with Gasteiger partial charge in [-0.1, -0.05) is 0 Å². The summed E-state index contributed by atoms with van der Waals surface area (Å²) in [6.45, 7) is 4.81. The van der Waals surface area contributed by atoms with Crippen LogP contribution >= 0.6 is 0 Å². The third kappa shape index (κ3) is 11.4. The van der Waals surface area contributed by atoms with Crippen LogP contribution in [0, 0.1) is 0 Å². The Morgan fingerprint density at radius 3 is 1.93 bits per heavy atom. The molecule has 5 amide bonds. The Balaban J connectivity index is 2.03. The normalized spacial score (nSPS) is 20.9. The van der Waals surface area contributed by atoms with E-state index >= 15 is 0 Å². The van der Waals surface area contributed by atoms with E-state index in [0.717, 1.165) is 13.0 Å². The average Bonchev–Trinajstić information content (AvgIpc) is 3.69. The Morgan fingerprint density at radius 2 is 1.37 bits per heavy atom. The minimum atomic E-state index is -1.09. The number of likely N-dealkylation sites (tertiary alicyclic amines) is 1. The molecule has 0 bridgehead atoms. The lowest BCUT2D eigenvalue weighted by Crippen LogP contribution is -2.58. The van der Waals surface area contributed by atoms with Gasteiger partial charge in [0.1, 0.15) is 30.2 Å². The highest BCUT2D eigenvalue weighted by Crippen LogP contribution is 2.20. The van der Waals surface area contributed by atoms with Gasteiger partial charge in [0.05, 0.1) is 6.04 Å². The Hall–Kier alpha value is -3.30. The predicted octanol–water partition coefficient (Wildman–Crippen LogP) is -1.95. The van der Waals surface area contributed by atoms with Gasteiger partial charge in [-0.15, -0.1) is 0 Å². The zero-order chi connectivity index (χ0) is 31.9. The molecule has 0 aromatic carbocycles. The number of amides is 5. The van der Waals surface area contributed by atoms with Gasteiger partial charge in [-0.25, -0.2) is 4.79 Å². The van der Waals surface area contributed by atoms with Crippen molar-refractivity contribution in [2.24, 2.45) is 11.5 Å². The number of rotatable bonds is 18. The summed E-state index contributed by atoms with van der Waals surface area (Å²) < 4.78 is 0. The molecule has 244 valence electrons. The second-order valence-electron chi connectivity index (χ2n) is 11.3. The SMILES string of the molecule is C[C@H](NC(=O)[C@@H]1CCCN1)C(=O)N[C@@H](CCCCN)C(=O)N[C@@H](C)C(=O)N[C@@H](CCCCN)C(=O)N1CCC[C@H]1C(=O)O. The fraction of sp³-hybridized carbons (Fsp3) is 0.786. The summed E-state index contributed by atoms with van der Waals surface area (Å²) in [4.78, 5) is 77.8. The van der Waals surface area contributed by atoms with Crippen molar-refractivity contribution in [1.82, 2.24) is 31.5 Å². The first-order chi connectivity index (χ1) is 20.5. The molecule has 0 aromatic rings. The van der Waals surface area contributed by atoms with Gasteiger partial charge in [-0.05, 0) is 97.7 Å². The van der Waals surface area contributed by atoms with Gasteiger partial charge in [-0.3, -0.25) is 24.0 Å². The van der Waals surface area contributed by atoms with Crippen LogP contribution in [0.1, 0.15) is 78.1 Å². The van der Waals surface area contributed by atoms with Gasteiger partial charge < -0.3 is 48.1 Å². The molecule has 2 fully saturated rings.